The SMILES string of the molecule is CCOc1ccc(Br)cc1C(NC)c1ccc(OC)cc1. The summed E-state index contributed by atoms with van der Waals surface area (Å²) in [6.45, 7) is 2.64. The molecule has 112 valence electrons. The van der Waals surface area contributed by atoms with Crippen LogP contribution >= 0.6 is 15.9 Å². The van der Waals surface area contributed by atoms with Gasteiger partial charge in [-0.15, -0.1) is 0 Å². The van der Waals surface area contributed by atoms with E-state index in [0.29, 0.717) is 6.61 Å². The van der Waals surface area contributed by atoms with Gasteiger partial charge in [-0.1, -0.05) is 28.1 Å². The van der Waals surface area contributed by atoms with Crippen LogP contribution in [0, 0.1) is 0 Å². The monoisotopic (exact) mass is 349 g/mol. The third kappa shape index (κ3) is 3.77. The Morgan fingerprint density at radius 2 is 1.86 bits per heavy atom. The number of hydrogen-bond donors (Lipinski definition) is 1. The van der Waals surface area contributed by atoms with Crippen LogP contribution in [0.5, 0.6) is 11.5 Å². The molecule has 0 radical (unpaired) electrons. The second kappa shape index (κ2) is 7.48. The average Bonchev–Trinajstić information content (AvgIpc) is 2.51. The second-order valence-corrected chi connectivity index (χ2v) is 5.53. The van der Waals surface area contributed by atoms with Gasteiger partial charge in [0.1, 0.15) is 11.5 Å². The largest absolute Gasteiger partial charge is 0.497 e. The first kappa shape index (κ1) is 15.9. The van der Waals surface area contributed by atoms with Crippen LogP contribution in [-0.4, -0.2) is 20.8 Å². The molecule has 2 aromatic carbocycles. The van der Waals surface area contributed by atoms with Gasteiger partial charge in [-0.25, -0.2) is 0 Å². The molecule has 0 bridgehead atoms. The molecule has 2 rings (SSSR count). The van der Waals surface area contributed by atoms with Crippen LogP contribution in [-0.2, 0) is 0 Å². The molecule has 0 aliphatic heterocycles. The number of hydrogen-bond acceptors (Lipinski definition) is 3. The van der Waals surface area contributed by atoms with E-state index >= 15 is 0 Å². The molecule has 0 saturated heterocycles. The lowest BCUT2D eigenvalue weighted by Crippen LogP contribution is -2.18. The van der Waals surface area contributed by atoms with E-state index in [1.165, 1.54) is 0 Å². The Kier molecular flexibility index (Phi) is 5.65. The van der Waals surface area contributed by atoms with Crippen molar-refractivity contribution in [1.82, 2.24) is 5.32 Å². The first-order valence-electron chi connectivity index (χ1n) is 6.93. The Hall–Kier alpha value is -1.52. The highest BCUT2D eigenvalue weighted by molar-refractivity contribution is 9.10. The van der Waals surface area contributed by atoms with E-state index in [4.69, 9.17) is 9.47 Å². The van der Waals surface area contributed by atoms with Gasteiger partial charge < -0.3 is 14.8 Å². The molecule has 21 heavy (non-hydrogen) atoms. The molecule has 1 atom stereocenters. The lowest BCUT2D eigenvalue weighted by Gasteiger charge is -2.21. The van der Waals surface area contributed by atoms with Crippen molar-refractivity contribution in [3.8, 4) is 11.5 Å². The molecule has 1 unspecified atom stereocenters. The van der Waals surface area contributed by atoms with Crippen LogP contribution in [0.3, 0.4) is 0 Å². The van der Waals surface area contributed by atoms with Gasteiger partial charge in [0, 0.05) is 10.0 Å². The van der Waals surface area contributed by atoms with Crippen LogP contribution in [0.2, 0.25) is 0 Å². The molecule has 4 heteroatoms. The van der Waals surface area contributed by atoms with Crippen LogP contribution in [0.1, 0.15) is 24.1 Å². The lowest BCUT2D eigenvalue weighted by molar-refractivity contribution is 0.334. The van der Waals surface area contributed by atoms with Gasteiger partial charge in [0.25, 0.3) is 0 Å². The summed E-state index contributed by atoms with van der Waals surface area (Å²) in [5.74, 6) is 1.75. The molecule has 1 N–H and O–H groups in total. The third-order valence-corrected chi connectivity index (χ3v) is 3.81. The van der Waals surface area contributed by atoms with Crippen molar-refractivity contribution in [1.29, 1.82) is 0 Å². The minimum atomic E-state index is 0.0648. The number of halogens is 1. The Morgan fingerprint density at radius 3 is 2.43 bits per heavy atom. The van der Waals surface area contributed by atoms with Gasteiger partial charge in [0.2, 0.25) is 0 Å². The van der Waals surface area contributed by atoms with E-state index < -0.39 is 0 Å². The van der Waals surface area contributed by atoms with E-state index in [9.17, 15) is 0 Å². The molecule has 0 aliphatic rings. The van der Waals surface area contributed by atoms with Crippen molar-refractivity contribution in [3.05, 3.63) is 58.1 Å². The van der Waals surface area contributed by atoms with Gasteiger partial charge in [-0.05, 0) is 49.9 Å². The average molecular weight is 350 g/mol. The summed E-state index contributed by atoms with van der Waals surface area (Å²) in [5.41, 5.74) is 2.27. The summed E-state index contributed by atoms with van der Waals surface area (Å²) in [6, 6.07) is 14.2. The second-order valence-electron chi connectivity index (χ2n) is 4.61. The number of ether oxygens (including phenoxy) is 2. The van der Waals surface area contributed by atoms with Crippen molar-refractivity contribution in [2.75, 3.05) is 20.8 Å². The van der Waals surface area contributed by atoms with Crippen molar-refractivity contribution in [2.45, 2.75) is 13.0 Å². The molecular weight excluding hydrogens is 330 g/mol. The zero-order chi connectivity index (χ0) is 15.2. The van der Waals surface area contributed by atoms with E-state index in [-0.39, 0.29) is 6.04 Å². The van der Waals surface area contributed by atoms with Gasteiger partial charge in [0.05, 0.1) is 19.8 Å². The van der Waals surface area contributed by atoms with Crippen molar-refractivity contribution in [2.24, 2.45) is 0 Å². The maximum atomic E-state index is 5.76. The number of rotatable bonds is 6. The smallest absolute Gasteiger partial charge is 0.124 e. The Bertz CT molecular complexity index is 584. The highest BCUT2D eigenvalue weighted by Gasteiger charge is 2.17. The summed E-state index contributed by atoms with van der Waals surface area (Å²) in [7, 11) is 3.62. The molecule has 3 nitrogen and oxygen atoms in total. The summed E-state index contributed by atoms with van der Waals surface area (Å²) >= 11 is 3.54. The predicted octanol–water partition coefficient (Wildman–Crippen LogP) is 4.17. The molecule has 0 aliphatic carbocycles. The number of nitrogens with one attached hydrogen (secondary N) is 1. The zero-order valence-corrected chi connectivity index (χ0v) is 14.1. The molecule has 0 amide bonds. The van der Waals surface area contributed by atoms with Crippen LogP contribution in [0.4, 0.5) is 0 Å². The molecular formula is C17H20BrNO2. The molecule has 0 aromatic heterocycles. The highest BCUT2D eigenvalue weighted by atomic mass is 79.9. The zero-order valence-electron chi connectivity index (χ0n) is 12.5. The third-order valence-electron chi connectivity index (χ3n) is 3.32. The summed E-state index contributed by atoms with van der Waals surface area (Å²) in [4.78, 5) is 0. The standard InChI is InChI=1S/C17H20BrNO2/c1-4-21-16-10-7-13(18)11-15(16)17(19-2)12-5-8-14(20-3)9-6-12/h5-11,17,19H,4H2,1-3H3. The molecule has 0 fully saturated rings. The predicted molar refractivity (Wildman–Crippen MR) is 89.2 cm³/mol. The normalized spacial score (nSPS) is 12.0. The maximum Gasteiger partial charge on any atom is 0.124 e. The van der Waals surface area contributed by atoms with Crippen LogP contribution < -0.4 is 14.8 Å². The fourth-order valence-electron chi connectivity index (χ4n) is 2.33. The Balaban J connectivity index is 2.41. The molecule has 2 aromatic rings. The van der Waals surface area contributed by atoms with E-state index in [1.807, 2.05) is 38.2 Å². The summed E-state index contributed by atoms with van der Waals surface area (Å²) < 4.78 is 12.0. The topological polar surface area (TPSA) is 30.5 Å². The van der Waals surface area contributed by atoms with Crippen molar-refractivity contribution >= 4 is 15.9 Å². The van der Waals surface area contributed by atoms with Crippen LogP contribution in [0.25, 0.3) is 0 Å². The molecule has 0 spiro atoms. The van der Waals surface area contributed by atoms with E-state index in [0.717, 1.165) is 27.1 Å². The fraction of sp³-hybridized carbons (Fsp3) is 0.294. The maximum absolute atomic E-state index is 5.76. The quantitative estimate of drug-likeness (QED) is 0.848. The Labute approximate surface area is 134 Å². The first-order valence-corrected chi connectivity index (χ1v) is 7.72. The van der Waals surface area contributed by atoms with Crippen molar-refractivity contribution < 1.29 is 9.47 Å². The first-order chi connectivity index (χ1) is 10.2. The molecule has 0 saturated carbocycles. The fourth-order valence-corrected chi connectivity index (χ4v) is 2.71. The molecule has 0 heterocycles. The summed E-state index contributed by atoms with van der Waals surface area (Å²) in [6.07, 6.45) is 0. The van der Waals surface area contributed by atoms with Gasteiger partial charge >= 0.3 is 0 Å². The van der Waals surface area contributed by atoms with Crippen molar-refractivity contribution in [3.63, 3.8) is 0 Å². The van der Waals surface area contributed by atoms with Gasteiger partial charge in [-0.3, -0.25) is 0 Å². The minimum Gasteiger partial charge on any atom is -0.497 e. The number of benzene rings is 2. The Morgan fingerprint density at radius 1 is 1.14 bits per heavy atom. The van der Waals surface area contributed by atoms with Gasteiger partial charge in [-0.2, -0.15) is 0 Å². The summed E-state index contributed by atoms with van der Waals surface area (Å²) in [5, 5.41) is 3.36. The highest BCUT2D eigenvalue weighted by Crippen LogP contribution is 2.33. The van der Waals surface area contributed by atoms with Gasteiger partial charge in [0.15, 0.2) is 0 Å². The van der Waals surface area contributed by atoms with E-state index in [1.54, 1.807) is 7.11 Å². The van der Waals surface area contributed by atoms with Crippen LogP contribution in [0.15, 0.2) is 46.9 Å². The lowest BCUT2D eigenvalue weighted by atomic mass is 9.98. The van der Waals surface area contributed by atoms with E-state index in [2.05, 4.69) is 39.4 Å². The minimum absolute atomic E-state index is 0.0648. The number of methoxy groups -OCH3 is 1.